The molecule has 7 heteroatoms. The number of benzene rings is 2. The molecule has 4 rings (SSSR count). The highest BCUT2D eigenvalue weighted by molar-refractivity contribution is 9.10. The Morgan fingerprint density at radius 1 is 1.24 bits per heavy atom. The smallest absolute Gasteiger partial charge is 0.282 e. The van der Waals surface area contributed by atoms with Gasteiger partial charge in [-0.1, -0.05) is 41.1 Å². The molecule has 0 saturated heterocycles. The molecule has 0 atom stereocenters. The van der Waals surface area contributed by atoms with Crippen LogP contribution in [-0.2, 0) is 13.0 Å². The molecule has 0 fully saturated rings. The van der Waals surface area contributed by atoms with E-state index in [9.17, 15) is 4.79 Å². The maximum atomic E-state index is 13.1. The maximum absolute atomic E-state index is 13.1. The van der Waals surface area contributed by atoms with Gasteiger partial charge in [-0.15, -0.1) is 0 Å². The van der Waals surface area contributed by atoms with Crippen LogP contribution < -0.4 is 5.56 Å². The van der Waals surface area contributed by atoms with Crippen LogP contribution in [0.25, 0.3) is 21.8 Å². The lowest BCUT2D eigenvalue weighted by Gasteiger charge is -2.08. The van der Waals surface area contributed by atoms with Gasteiger partial charge < -0.3 is 4.57 Å². The van der Waals surface area contributed by atoms with Gasteiger partial charge in [0, 0.05) is 33.6 Å². The summed E-state index contributed by atoms with van der Waals surface area (Å²) in [5, 5.41) is 15.1. The molecule has 0 unspecified atom stereocenters. The second-order valence-electron chi connectivity index (χ2n) is 6.69. The van der Waals surface area contributed by atoms with E-state index < -0.39 is 0 Å². The molecule has 2 aromatic carbocycles. The number of fused-ring (bicyclic) bond motifs is 2. The molecule has 0 aliphatic carbocycles. The first-order valence-electron chi connectivity index (χ1n) is 9.32. The second kappa shape index (κ2) is 8.02. The van der Waals surface area contributed by atoms with Gasteiger partial charge in [-0.2, -0.15) is 15.0 Å². The molecule has 4 aromatic rings. The standard InChI is InChI=1S/C22H18BrN5O/c1-2-5-21-26-19-9-8-16(23)12-18(19)22(29)28(21)25-13-15-14-27(11-10-24)20-7-4-3-6-17(15)20/h3-4,6-9,12-14H,2,5,11H2,1H3. The molecule has 0 aliphatic rings. The van der Waals surface area contributed by atoms with Crippen molar-refractivity contribution in [3.05, 3.63) is 74.9 Å². The average molecular weight is 448 g/mol. The molecule has 29 heavy (non-hydrogen) atoms. The number of aromatic nitrogens is 3. The van der Waals surface area contributed by atoms with E-state index in [0.29, 0.717) is 23.1 Å². The van der Waals surface area contributed by atoms with Gasteiger partial charge in [0.25, 0.3) is 5.56 Å². The predicted molar refractivity (Wildman–Crippen MR) is 118 cm³/mol. The molecule has 144 valence electrons. The molecule has 6 nitrogen and oxygen atoms in total. The normalized spacial score (nSPS) is 11.5. The Hall–Kier alpha value is -3.24. The van der Waals surface area contributed by atoms with Crippen molar-refractivity contribution in [1.29, 1.82) is 5.26 Å². The summed E-state index contributed by atoms with van der Waals surface area (Å²) in [4.78, 5) is 17.8. The van der Waals surface area contributed by atoms with Crippen molar-refractivity contribution in [2.75, 3.05) is 0 Å². The Morgan fingerprint density at radius 2 is 2.07 bits per heavy atom. The molecular weight excluding hydrogens is 430 g/mol. The van der Waals surface area contributed by atoms with Gasteiger partial charge in [-0.25, -0.2) is 4.98 Å². The first-order valence-corrected chi connectivity index (χ1v) is 10.1. The molecule has 0 saturated carbocycles. The van der Waals surface area contributed by atoms with Gasteiger partial charge in [0.15, 0.2) is 0 Å². The monoisotopic (exact) mass is 447 g/mol. The van der Waals surface area contributed by atoms with E-state index in [-0.39, 0.29) is 12.1 Å². The molecule has 0 amide bonds. The SMILES string of the molecule is CCCc1nc2ccc(Br)cc2c(=O)n1N=Cc1cn(CC#N)c2ccccc12. The third-order valence-corrected chi connectivity index (χ3v) is 5.21. The minimum Gasteiger partial charge on any atom is -0.333 e. The van der Waals surface area contributed by atoms with Gasteiger partial charge in [0.2, 0.25) is 0 Å². The summed E-state index contributed by atoms with van der Waals surface area (Å²) < 4.78 is 4.08. The van der Waals surface area contributed by atoms with Gasteiger partial charge in [-0.3, -0.25) is 4.79 Å². The van der Waals surface area contributed by atoms with Crippen molar-refractivity contribution in [1.82, 2.24) is 14.2 Å². The van der Waals surface area contributed by atoms with Crippen LogP contribution in [-0.4, -0.2) is 20.4 Å². The van der Waals surface area contributed by atoms with Crippen molar-refractivity contribution in [2.24, 2.45) is 5.10 Å². The van der Waals surface area contributed by atoms with E-state index in [0.717, 1.165) is 27.4 Å². The number of rotatable bonds is 5. The molecule has 2 heterocycles. The number of aryl methyl sites for hydroxylation is 1. The van der Waals surface area contributed by atoms with E-state index in [1.807, 2.05) is 54.1 Å². The molecule has 0 N–H and O–H groups in total. The Bertz CT molecular complexity index is 1340. The fourth-order valence-electron chi connectivity index (χ4n) is 3.40. The van der Waals surface area contributed by atoms with Gasteiger partial charge in [0.05, 0.1) is 23.2 Å². The fourth-order valence-corrected chi connectivity index (χ4v) is 3.77. The number of halogens is 1. The molecule has 0 bridgehead atoms. The van der Waals surface area contributed by atoms with Crippen LogP contribution in [0.4, 0.5) is 0 Å². The van der Waals surface area contributed by atoms with Crippen molar-refractivity contribution < 1.29 is 0 Å². The lowest BCUT2D eigenvalue weighted by atomic mass is 10.2. The number of nitriles is 1. The lowest BCUT2D eigenvalue weighted by molar-refractivity contribution is 0.704. The third-order valence-electron chi connectivity index (χ3n) is 4.72. The van der Waals surface area contributed by atoms with Crippen LogP contribution in [0, 0.1) is 11.3 Å². The Balaban J connectivity index is 1.88. The molecule has 2 aromatic heterocycles. The number of hydrogen-bond donors (Lipinski definition) is 0. The van der Waals surface area contributed by atoms with Gasteiger partial charge in [0.1, 0.15) is 12.4 Å². The minimum absolute atomic E-state index is 0.197. The van der Waals surface area contributed by atoms with E-state index in [1.54, 1.807) is 12.3 Å². The Morgan fingerprint density at radius 3 is 2.86 bits per heavy atom. The quantitative estimate of drug-likeness (QED) is 0.423. The van der Waals surface area contributed by atoms with Gasteiger partial charge in [-0.05, 0) is 30.7 Å². The Kier molecular flexibility index (Phi) is 5.28. The molecule has 0 aliphatic heterocycles. The zero-order valence-corrected chi connectivity index (χ0v) is 17.4. The highest BCUT2D eigenvalue weighted by atomic mass is 79.9. The highest BCUT2D eigenvalue weighted by Gasteiger charge is 2.11. The fraction of sp³-hybridized carbons (Fsp3) is 0.182. The molecular formula is C22H18BrN5O. The van der Waals surface area contributed by atoms with Crippen LogP contribution in [0.1, 0.15) is 24.7 Å². The minimum atomic E-state index is -0.197. The van der Waals surface area contributed by atoms with Gasteiger partial charge >= 0.3 is 0 Å². The average Bonchev–Trinajstić information content (AvgIpc) is 3.07. The van der Waals surface area contributed by atoms with Crippen LogP contribution in [0.5, 0.6) is 0 Å². The van der Waals surface area contributed by atoms with Crippen LogP contribution in [0.3, 0.4) is 0 Å². The summed E-state index contributed by atoms with van der Waals surface area (Å²) in [6.07, 6.45) is 5.05. The first kappa shape index (κ1) is 19.1. The zero-order chi connectivity index (χ0) is 20.4. The second-order valence-corrected chi connectivity index (χ2v) is 7.60. The zero-order valence-electron chi connectivity index (χ0n) is 15.8. The maximum Gasteiger partial charge on any atom is 0.282 e. The molecule has 0 radical (unpaired) electrons. The highest BCUT2D eigenvalue weighted by Crippen LogP contribution is 2.20. The van der Waals surface area contributed by atoms with Crippen LogP contribution in [0.2, 0.25) is 0 Å². The summed E-state index contributed by atoms with van der Waals surface area (Å²) in [6, 6.07) is 15.5. The van der Waals surface area contributed by atoms with E-state index >= 15 is 0 Å². The number of para-hydroxylation sites is 1. The summed E-state index contributed by atoms with van der Waals surface area (Å²) in [7, 11) is 0. The molecule has 0 spiro atoms. The van der Waals surface area contributed by atoms with Crippen molar-refractivity contribution in [2.45, 2.75) is 26.3 Å². The topological polar surface area (TPSA) is 76.0 Å². The van der Waals surface area contributed by atoms with Crippen LogP contribution in [0.15, 0.2) is 63.0 Å². The number of hydrogen-bond acceptors (Lipinski definition) is 4. The Labute approximate surface area is 175 Å². The number of nitrogens with zero attached hydrogens (tertiary/aromatic N) is 5. The summed E-state index contributed by atoms with van der Waals surface area (Å²) in [5.74, 6) is 0.629. The first-order chi connectivity index (χ1) is 14.1. The van der Waals surface area contributed by atoms with Crippen molar-refractivity contribution in [3.63, 3.8) is 0 Å². The van der Waals surface area contributed by atoms with E-state index in [1.165, 1.54) is 4.68 Å². The van der Waals surface area contributed by atoms with Crippen molar-refractivity contribution >= 4 is 44.0 Å². The summed E-state index contributed by atoms with van der Waals surface area (Å²) in [6.45, 7) is 2.29. The lowest BCUT2D eigenvalue weighted by Crippen LogP contribution is -2.22. The van der Waals surface area contributed by atoms with E-state index in [4.69, 9.17) is 5.26 Å². The largest absolute Gasteiger partial charge is 0.333 e. The third kappa shape index (κ3) is 3.59. The van der Waals surface area contributed by atoms with Crippen molar-refractivity contribution in [3.8, 4) is 6.07 Å². The summed E-state index contributed by atoms with van der Waals surface area (Å²) >= 11 is 3.42. The van der Waals surface area contributed by atoms with E-state index in [2.05, 4.69) is 32.1 Å². The predicted octanol–water partition coefficient (Wildman–Crippen LogP) is 4.47. The van der Waals surface area contributed by atoms with Crippen LogP contribution >= 0.6 is 15.9 Å². The summed E-state index contributed by atoms with van der Waals surface area (Å²) in [5.41, 5.74) is 2.27.